The minimum absolute atomic E-state index is 0.253. The first-order valence-corrected chi connectivity index (χ1v) is 10.1. The van der Waals surface area contributed by atoms with E-state index in [4.69, 9.17) is 4.74 Å². The van der Waals surface area contributed by atoms with Crippen molar-refractivity contribution in [3.63, 3.8) is 0 Å². The van der Waals surface area contributed by atoms with Gasteiger partial charge in [0.15, 0.2) is 0 Å². The summed E-state index contributed by atoms with van der Waals surface area (Å²) in [6.07, 6.45) is 10.2. The van der Waals surface area contributed by atoms with E-state index >= 15 is 0 Å². The van der Waals surface area contributed by atoms with Gasteiger partial charge in [0.05, 0.1) is 7.11 Å². The van der Waals surface area contributed by atoms with Gasteiger partial charge in [-0.15, -0.1) is 0 Å². The Morgan fingerprint density at radius 1 is 1.30 bits per heavy atom. The summed E-state index contributed by atoms with van der Waals surface area (Å²) in [5, 5.41) is 0. The van der Waals surface area contributed by atoms with Crippen molar-refractivity contribution in [3.05, 3.63) is 48.0 Å². The third-order valence-electron chi connectivity index (χ3n) is 5.80. The van der Waals surface area contributed by atoms with E-state index in [9.17, 15) is 4.79 Å². The molecular weight excluding hydrogens is 338 g/mol. The number of piperidine rings is 1. The molecule has 1 unspecified atom stereocenters. The number of imidazole rings is 1. The molecule has 0 radical (unpaired) electrons. The van der Waals surface area contributed by atoms with E-state index in [1.165, 1.54) is 18.7 Å². The maximum absolute atomic E-state index is 12.8. The lowest BCUT2D eigenvalue weighted by Crippen LogP contribution is -2.39. The van der Waals surface area contributed by atoms with Gasteiger partial charge in [0.25, 0.3) is 0 Å². The molecule has 1 amide bonds. The molecule has 1 saturated heterocycles. The predicted molar refractivity (Wildman–Crippen MR) is 105 cm³/mol. The number of hydrogen-bond donors (Lipinski definition) is 0. The van der Waals surface area contributed by atoms with Crippen molar-refractivity contribution < 1.29 is 9.53 Å². The average molecular weight is 367 g/mol. The van der Waals surface area contributed by atoms with Gasteiger partial charge in [-0.25, -0.2) is 4.98 Å². The molecule has 2 aliphatic rings. The van der Waals surface area contributed by atoms with Crippen LogP contribution < -0.4 is 4.74 Å². The molecule has 4 rings (SSSR count). The Morgan fingerprint density at radius 3 is 3.00 bits per heavy atom. The average Bonchev–Trinajstić information content (AvgIpc) is 3.41. The minimum Gasteiger partial charge on any atom is -0.497 e. The number of rotatable bonds is 7. The van der Waals surface area contributed by atoms with Crippen molar-refractivity contribution in [2.45, 2.75) is 51.0 Å². The summed E-state index contributed by atoms with van der Waals surface area (Å²) in [4.78, 5) is 19.5. The Balaban J connectivity index is 1.34. The fourth-order valence-electron chi connectivity index (χ4n) is 4.07. The first-order chi connectivity index (χ1) is 13.2. The Bertz CT molecular complexity index is 781. The second-order valence-electron chi connectivity index (χ2n) is 7.91. The van der Waals surface area contributed by atoms with Gasteiger partial charge in [0.1, 0.15) is 11.6 Å². The van der Waals surface area contributed by atoms with Gasteiger partial charge in [-0.3, -0.25) is 4.79 Å². The van der Waals surface area contributed by atoms with Crippen molar-refractivity contribution in [3.8, 4) is 5.75 Å². The van der Waals surface area contributed by atoms with Crippen LogP contribution in [0.2, 0.25) is 0 Å². The summed E-state index contributed by atoms with van der Waals surface area (Å²) in [5.74, 6) is 3.48. The van der Waals surface area contributed by atoms with Gasteiger partial charge in [-0.1, -0.05) is 12.1 Å². The van der Waals surface area contributed by atoms with Crippen LogP contribution in [0.4, 0.5) is 0 Å². The third-order valence-corrected chi connectivity index (χ3v) is 5.80. The summed E-state index contributed by atoms with van der Waals surface area (Å²) in [7, 11) is 1.67. The topological polar surface area (TPSA) is 47.4 Å². The van der Waals surface area contributed by atoms with Gasteiger partial charge in [-0.2, -0.15) is 0 Å². The zero-order valence-electron chi connectivity index (χ0n) is 16.1. The van der Waals surface area contributed by atoms with Crippen LogP contribution in [0.5, 0.6) is 5.75 Å². The van der Waals surface area contributed by atoms with E-state index in [0.29, 0.717) is 12.3 Å². The maximum atomic E-state index is 12.8. The lowest BCUT2D eigenvalue weighted by Gasteiger charge is -2.33. The quantitative estimate of drug-likeness (QED) is 0.751. The van der Waals surface area contributed by atoms with Gasteiger partial charge >= 0.3 is 0 Å². The van der Waals surface area contributed by atoms with Crippen LogP contribution in [-0.4, -0.2) is 40.6 Å². The highest BCUT2D eigenvalue weighted by molar-refractivity contribution is 5.76. The molecule has 0 N–H and O–H groups in total. The van der Waals surface area contributed by atoms with Crippen LogP contribution in [0.15, 0.2) is 36.7 Å². The Morgan fingerprint density at radius 2 is 2.19 bits per heavy atom. The van der Waals surface area contributed by atoms with Gasteiger partial charge in [0.2, 0.25) is 5.91 Å². The Hall–Kier alpha value is -2.30. The number of carbonyl (C=O) groups excluding carboxylic acids is 1. The number of aryl methyl sites for hydroxylation is 1. The normalized spacial score (nSPS) is 19.9. The lowest BCUT2D eigenvalue weighted by atomic mass is 9.96. The number of ether oxygens (including phenoxy) is 1. The van der Waals surface area contributed by atoms with Crippen LogP contribution >= 0.6 is 0 Å². The molecule has 1 atom stereocenters. The van der Waals surface area contributed by atoms with Crippen molar-refractivity contribution >= 4 is 5.91 Å². The summed E-state index contributed by atoms with van der Waals surface area (Å²) in [6, 6.07) is 7.99. The molecule has 2 heterocycles. The zero-order valence-corrected chi connectivity index (χ0v) is 16.1. The number of methoxy groups -OCH3 is 1. The van der Waals surface area contributed by atoms with E-state index in [-0.39, 0.29) is 5.91 Å². The van der Waals surface area contributed by atoms with Crippen molar-refractivity contribution in [1.82, 2.24) is 14.5 Å². The highest BCUT2D eigenvalue weighted by Crippen LogP contribution is 2.33. The maximum Gasteiger partial charge on any atom is 0.222 e. The molecule has 27 heavy (non-hydrogen) atoms. The molecule has 1 aromatic heterocycles. The molecule has 2 fully saturated rings. The molecule has 1 saturated carbocycles. The van der Waals surface area contributed by atoms with E-state index in [2.05, 4.69) is 21.8 Å². The second kappa shape index (κ2) is 8.15. The molecule has 5 heteroatoms. The molecule has 1 aliphatic heterocycles. The largest absolute Gasteiger partial charge is 0.497 e. The third kappa shape index (κ3) is 4.52. The van der Waals surface area contributed by atoms with E-state index in [0.717, 1.165) is 56.1 Å². The molecule has 1 aromatic carbocycles. The Labute approximate surface area is 161 Å². The number of amides is 1. The fourth-order valence-corrected chi connectivity index (χ4v) is 4.07. The second-order valence-corrected chi connectivity index (χ2v) is 7.91. The number of nitrogens with zero attached hydrogens (tertiary/aromatic N) is 3. The predicted octanol–water partition coefficient (Wildman–Crippen LogP) is 3.64. The number of benzene rings is 1. The van der Waals surface area contributed by atoms with Crippen LogP contribution in [0.3, 0.4) is 0 Å². The molecule has 144 valence electrons. The molecular formula is C22H29N3O2. The molecule has 1 aliphatic carbocycles. The monoisotopic (exact) mass is 367 g/mol. The van der Waals surface area contributed by atoms with E-state index in [1.54, 1.807) is 7.11 Å². The fraction of sp³-hybridized carbons (Fsp3) is 0.545. The summed E-state index contributed by atoms with van der Waals surface area (Å²) < 4.78 is 7.60. The number of likely N-dealkylation sites (tertiary alicyclic amines) is 1. The van der Waals surface area contributed by atoms with Crippen molar-refractivity contribution in [2.75, 3.05) is 20.2 Å². The van der Waals surface area contributed by atoms with E-state index < -0.39 is 0 Å². The highest BCUT2D eigenvalue weighted by Gasteiger charge is 2.29. The van der Waals surface area contributed by atoms with Crippen LogP contribution in [0.25, 0.3) is 0 Å². The first-order valence-electron chi connectivity index (χ1n) is 10.1. The molecule has 0 bridgehead atoms. The summed E-state index contributed by atoms with van der Waals surface area (Å²) in [5.41, 5.74) is 1.15. The Kier molecular flexibility index (Phi) is 5.46. The zero-order chi connectivity index (χ0) is 18.6. The van der Waals surface area contributed by atoms with Crippen molar-refractivity contribution in [2.24, 2.45) is 5.92 Å². The number of carbonyl (C=O) groups is 1. The summed E-state index contributed by atoms with van der Waals surface area (Å²) in [6.45, 7) is 2.77. The highest BCUT2D eigenvalue weighted by atomic mass is 16.5. The number of aromatic nitrogens is 2. The van der Waals surface area contributed by atoms with Crippen LogP contribution in [0.1, 0.15) is 49.4 Å². The van der Waals surface area contributed by atoms with Crippen molar-refractivity contribution in [1.29, 1.82) is 0 Å². The number of hydrogen-bond acceptors (Lipinski definition) is 3. The standard InChI is InChI=1S/C22H29N3O2/c1-27-20-6-2-4-17(14-20)9-10-21(26)24-12-3-5-19(16-24)22-23-11-13-25(22)15-18-7-8-18/h2,4,6,11,13-14,18-19H,3,5,7-10,12,15-16H2,1H3. The van der Waals surface area contributed by atoms with Crippen LogP contribution in [-0.2, 0) is 17.8 Å². The molecule has 0 spiro atoms. The van der Waals surface area contributed by atoms with Gasteiger partial charge < -0.3 is 14.2 Å². The summed E-state index contributed by atoms with van der Waals surface area (Å²) >= 11 is 0. The lowest BCUT2D eigenvalue weighted by molar-refractivity contribution is -0.132. The van der Waals surface area contributed by atoms with Crippen LogP contribution in [0, 0.1) is 5.92 Å². The molecule has 5 nitrogen and oxygen atoms in total. The molecule has 2 aromatic rings. The minimum atomic E-state index is 0.253. The van der Waals surface area contributed by atoms with E-state index in [1.807, 2.05) is 29.3 Å². The van der Waals surface area contributed by atoms with Gasteiger partial charge in [-0.05, 0) is 55.7 Å². The van der Waals surface area contributed by atoms with Gasteiger partial charge in [0, 0.05) is 44.4 Å². The first kappa shape index (κ1) is 18.1. The SMILES string of the molecule is COc1cccc(CCC(=O)N2CCCC(c3nccn3CC3CC3)C2)c1. The smallest absolute Gasteiger partial charge is 0.222 e.